The fourth-order valence-corrected chi connectivity index (χ4v) is 3.20. The van der Waals surface area contributed by atoms with Crippen molar-refractivity contribution in [1.29, 1.82) is 0 Å². The minimum atomic E-state index is -0.315. The maximum atomic E-state index is 11.9. The van der Waals surface area contributed by atoms with Gasteiger partial charge < -0.3 is 10.1 Å². The molecule has 8 heteroatoms. The molecule has 0 atom stereocenters. The second-order valence-electron chi connectivity index (χ2n) is 5.26. The lowest BCUT2D eigenvalue weighted by Gasteiger charge is -2.21. The minimum absolute atomic E-state index is 0.0495. The number of carbonyl (C=O) groups excluding carboxylic acids is 2. The normalized spacial score (nSPS) is 15.3. The van der Waals surface area contributed by atoms with E-state index < -0.39 is 0 Å². The molecule has 7 nitrogen and oxygen atoms in total. The third kappa shape index (κ3) is 4.17. The summed E-state index contributed by atoms with van der Waals surface area (Å²) in [5.74, 6) is -0.576. The summed E-state index contributed by atoms with van der Waals surface area (Å²) in [5, 5.41) is 3.64. The quantitative estimate of drug-likeness (QED) is 0.733. The maximum absolute atomic E-state index is 11.9. The molecule has 2 aromatic rings. The van der Waals surface area contributed by atoms with Gasteiger partial charge in [0.25, 0.3) is 5.91 Å². The molecular weight excluding hydrogens is 316 g/mol. The molecule has 1 aromatic heterocycles. The molecule has 0 aliphatic carbocycles. The Morgan fingerprint density at radius 3 is 2.78 bits per heavy atom. The summed E-state index contributed by atoms with van der Waals surface area (Å²) in [6, 6.07) is 7.77. The number of thiazole rings is 1. The summed E-state index contributed by atoms with van der Waals surface area (Å²) in [7, 11) is 0. The van der Waals surface area contributed by atoms with Gasteiger partial charge in [-0.3, -0.25) is 20.4 Å². The van der Waals surface area contributed by atoms with Crippen molar-refractivity contribution in [2.75, 3.05) is 25.1 Å². The molecule has 2 heterocycles. The van der Waals surface area contributed by atoms with E-state index in [1.165, 1.54) is 11.3 Å². The third-order valence-corrected chi connectivity index (χ3v) is 4.61. The molecule has 122 valence electrons. The fraction of sp³-hybridized carbons (Fsp3) is 0.400. The van der Waals surface area contributed by atoms with E-state index in [2.05, 4.69) is 21.2 Å². The fourth-order valence-electron chi connectivity index (χ4n) is 2.34. The highest BCUT2D eigenvalue weighted by Gasteiger charge is 2.21. The number of nitrogens with zero attached hydrogens (tertiary/aromatic N) is 1. The zero-order chi connectivity index (χ0) is 16.1. The number of rotatable bonds is 4. The van der Waals surface area contributed by atoms with Crippen LogP contribution in [0.25, 0.3) is 10.2 Å². The van der Waals surface area contributed by atoms with Gasteiger partial charge in [0.05, 0.1) is 16.8 Å². The predicted octanol–water partition coefficient (Wildman–Crippen LogP) is 1.28. The lowest BCUT2D eigenvalue weighted by Crippen LogP contribution is -2.47. The molecule has 1 aliphatic rings. The predicted molar refractivity (Wildman–Crippen MR) is 87.9 cm³/mol. The molecule has 1 saturated heterocycles. The molecule has 0 spiro atoms. The summed E-state index contributed by atoms with van der Waals surface area (Å²) in [6.07, 6.45) is 1.37. The molecule has 1 aromatic carbocycles. The molecule has 3 N–H and O–H groups in total. The Kier molecular flexibility index (Phi) is 5.04. The van der Waals surface area contributed by atoms with Crippen LogP contribution in [0.2, 0.25) is 0 Å². The number of anilines is 1. The van der Waals surface area contributed by atoms with E-state index in [1.54, 1.807) is 0 Å². The first-order valence-corrected chi connectivity index (χ1v) is 8.30. The number of hydrogen-bond donors (Lipinski definition) is 3. The van der Waals surface area contributed by atoms with Crippen LogP contribution in [-0.4, -0.2) is 36.6 Å². The zero-order valence-corrected chi connectivity index (χ0v) is 13.3. The van der Waals surface area contributed by atoms with Gasteiger partial charge in [0.2, 0.25) is 5.91 Å². The second kappa shape index (κ2) is 7.38. The third-order valence-electron chi connectivity index (χ3n) is 3.61. The Balaban J connectivity index is 1.43. The van der Waals surface area contributed by atoms with Gasteiger partial charge in [-0.05, 0) is 25.0 Å². The number of benzene rings is 1. The maximum Gasteiger partial charge on any atom is 0.257 e. The van der Waals surface area contributed by atoms with Crippen LogP contribution in [-0.2, 0) is 14.3 Å². The topological polar surface area (TPSA) is 92.4 Å². The Bertz CT molecular complexity index is 664. The lowest BCUT2D eigenvalue weighted by atomic mass is 10.00. The molecule has 1 aliphatic heterocycles. The van der Waals surface area contributed by atoms with E-state index in [0.29, 0.717) is 31.2 Å². The van der Waals surface area contributed by atoms with E-state index in [0.717, 1.165) is 10.2 Å². The van der Waals surface area contributed by atoms with Crippen LogP contribution in [0.3, 0.4) is 0 Å². The van der Waals surface area contributed by atoms with Gasteiger partial charge >= 0.3 is 0 Å². The first-order valence-electron chi connectivity index (χ1n) is 7.48. The van der Waals surface area contributed by atoms with Crippen LogP contribution in [0.4, 0.5) is 5.13 Å². The first kappa shape index (κ1) is 15.7. The molecule has 1 fully saturated rings. The number of ether oxygens (including phenoxy) is 1. The van der Waals surface area contributed by atoms with E-state index in [-0.39, 0.29) is 24.3 Å². The molecule has 0 unspecified atom stereocenters. The van der Waals surface area contributed by atoms with Crippen LogP contribution >= 0.6 is 11.3 Å². The molecule has 0 radical (unpaired) electrons. The summed E-state index contributed by atoms with van der Waals surface area (Å²) < 4.78 is 6.26. The average Bonchev–Trinajstić information content (AvgIpc) is 3.01. The first-order chi connectivity index (χ1) is 11.2. The van der Waals surface area contributed by atoms with Crippen LogP contribution in [0.5, 0.6) is 0 Å². The minimum Gasteiger partial charge on any atom is -0.381 e. The van der Waals surface area contributed by atoms with Gasteiger partial charge in [-0.25, -0.2) is 4.98 Å². The summed E-state index contributed by atoms with van der Waals surface area (Å²) in [5.41, 5.74) is 5.78. The lowest BCUT2D eigenvalue weighted by molar-refractivity contribution is -0.132. The number of aromatic nitrogens is 1. The SMILES string of the molecule is O=C(CNc1nc2ccccc2s1)NNC(=O)C1CCOCC1. The number of hydrazine groups is 1. The van der Waals surface area contributed by atoms with Gasteiger partial charge in [-0.15, -0.1) is 0 Å². The van der Waals surface area contributed by atoms with Crippen LogP contribution in [0, 0.1) is 5.92 Å². The van der Waals surface area contributed by atoms with Crippen molar-refractivity contribution in [2.24, 2.45) is 5.92 Å². The highest BCUT2D eigenvalue weighted by atomic mass is 32.1. The van der Waals surface area contributed by atoms with Crippen LogP contribution in [0.15, 0.2) is 24.3 Å². The largest absolute Gasteiger partial charge is 0.381 e. The van der Waals surface area contributed by atoms with Crippen molar-refractivity contribution in [2.45, 2.75) is 12.8 Å². The number of hydrogen-bond acceptors (Lipinski definition) is 6. The van der Waals surface area contributed by atoms with Gasteiger partial charge in [-0.1, -0.05) is 23.5 Å². The highest BCUT2D eigenvalue weighted by Crippen LogP contribution is 2.24. The van der Waals surface area contributed by atoms with Crippen molar-refractivity contribution < 1.29 is 14.3 Å². The molecule has 23 heavy (non-hydrogen) atoms. The molecule has 0 bridgehead atoms. The van der Waals surface area contributed by atoms with Crippen molar-refractivity contribution >= 4 is 38.5 Å². The monoisotopic (exact) mass is 334 g/mol. The summed E-state index contributed by atoms with van der Waals surface area (Å²) >= 11 is 1.48. The van der Waals surface area contributed by atoms with E-state index in [4.69, 9.17) is 4.74 Å². The molecule has 2 amide bonds. The second-order valence-corrected chi connectivity index (χ2v) is 6.30. The van der Waals surface area contributed by atoms with Crippen molar-refractivity contribution in [3.8, 4) is 0 Å². The van der Waals surface area contributed by atoms with Gasteiger partial charge in [0.1, 0.15) is 0 Å². The van der Waals surface area contributed by atoms with Gasteiger partial charge in [0.15, 0.2) is 5.13 Å². The Morgan fingerprint density at radius 1 is 1.22 bits per heavy atom. The van der Waals surface area contributed by atoms with Crippen LogP contribution in [0.1, 0.15) is 12.8 Å². The van der Waals surface area contributed by atoms with Crippen molar-refractivity contribution in [3.05, 3.63) is 24.3 Å². The smallest absolute Gasteiger partial charge is 0.257 e. The van der Waals surface area contributed by atoms with E-state index >= 15 is 0 Å². The molecule has 3 rings (SSSR count). The summed E-state index contributed by atoms with van der Waals surface area (Å²) in [4.78, 5) is 28.0. The Hall–Kier alpha value is -2.19. The number of nitrogens with one attached hydrogen (secondary N) is 3. The standard InChI is InChI=1S/C15H18N4O3S/c20-13(18-19-14(21)10-5-7-22-8-6-10)9-16-15-17-11-3-1-2-4-12(11)23-15/h1-4,10H,5-9H2,(H,16,17)(H,18,20)(H,19,21). The van der Waals surface area contributed by atoms with Gasteiger partial charge in [0, 0.05) is 19.1 Å². The molecular formula is C15H18N4O3S. The molecule has 0 saturated carbocycles. The number of fused-ring (bicyclic) bond motifs is 1. The number of carbonyl (C=O) groups is 2. The van der Waals surface area contributed by atoms with E-state index in [1.807, 2.05) is 24.3 Å². The van der Waals surface area contributed by atoms with E-state index in [9.17, 15) is 9.59 Å². The van der Waals surface area contributed by atoms with Gasteiger partial charge in [-0.2, -0.15) is 0 Å². The van der Waals surface area contributed by atoms with Crippen molar-refractivity contribution in [1.82, 2.24) is 15.8 Å². The Labute approximate surface area is 137 Å². The van der Waals surface area contributed by atoms with Crippen molar-refractivity contribution in [3.63, 3.8) is 0 Å². The highest BCUT2D eigenvalue weighted by molar-refractivity contribution is 7.22. The summed E-state index contributed by atoms with van der Waals surface area (Å²) in [6.45, 7) is 1.23. The number of amides is 2. The Morgan fingerprint density at radius 2 is 2.00 bits per heavy atom. The average molecular weight is 334 g/mol. The number of para-hydroxylation sites is 1. The van der Waals surface area contributed by atoms with Crippen LogP contribution < -0.4 is 16.2 Å². The zero-order valence-electron chi connectivity index (χ0n) is 12.5.